The lowest BCUT2D eigenvalue weighted by molar-refractivity contribution is 0.00701. The summed E-state index contributed by atoms with van der Waals surface area (Å²) in [6.45, 7) is 3.73. The third kappa shape index (κ3) is 3.09. The van der Waals surface area contributed by atoms with E-state index in [0.717, 1.165) is 19.6 Å². The number of benzene rings is 1. The van der Waals surface area contributed by atoms with E-state index in [-0.39, 0.29) is 18.1 Å². The van der Waals surface area contributed by atoms with Crippen LogP contribution in [-0.4, -0.2) is 24.0 Å². The molecule has 15 heavy (non-hydrogen) atoms. The summed E-state index contributed by atoms with van der Waals surface area (Å²) in [5, 5.41) is 12.4. The molecule has 2 rings (SSSR count). The van der Waals surface area contributed by atoms with E-state index in [1.165, 1.54) is 5.56 Å². The van der Waals surface area contributed by atoms with Crippen molar-refractivity contribution in [2.24, 2.45) is 0 Å². The van der Waals surface area contributed by atoms with Crippen molar-refractivity contribution in [3.8, 4) is 5.75 Å². The van der Waals surface area contributed by atoms with Gasteiger partial charge < -0.3 is 9.84 Å². The van der Waals surface area contributed by atoms with E-state index in [4.69, 9.17) is 9.84 Å². The quantitative estimate of drug-likeness (QED) is 0.811. The lowest BCUT2D eigenvalue weighted by atomic mass is 10.0. The van der Waals surface area contributed by atoms with E-state index in [9.17, 15) is 0 Å². The van der Waals surface area contributed by atoms with Gasteiger partial charge in [0, 0.05) is 13.0 Å². The molecule has 0 radical (unpaired) electrons. The van der Waals surface area contributed by atoms with Crippen molar-refractivity contribution in [1.29, 1.82) is 0 Å². The maximum atomic E-state index is 9.13. The largest absolute Gasteiger partial charge is 0.508 e. The third-order valence-corrected chi connectivity index (χ3v) is 2.50. The molecule has 0 aromatic heterocycles. The van der Waals surface area contributed by atoms with Crippen molar-refractivity contribution < 1.29 is 9.84 Å². The smallest absolute Gasteiger partial charge is 0.120 e. The molecule has 1 aromatic rings. The standard InChI is InChI=1S/C11H15NO2.ClH/c1-11(12-6-7-14-11)8-9-2-4-10(13)5-3-9;/h2-5,12-13H,6-8H2,1H3;1H. The molecule has 3 nitrogen and oxygen atoms in total. The van der Waals surface area contributed by atoms with Gasteiger partial charge in [-0.1, -0.05) is 12.1 Å². The fourth-order valence-electron chi connectivity index (χ4n) is 1.76. The second kappa shape index (κ2) is 4.84. The van der Waals surface area contributed by atoms with Crippen LogP contribution in [0.1, 0.15) is 12.5 Å². The van der Waals surface area contributed by atoms with Crippen molar-refractivity contribution in [2.45, 2.75) is 19.1 Å². The zero-order valence-corrected chi connectivity index (χ0v) is 9.51. The number of aromatic hydroxyl groups is 1. The predicted molar refractivity (Wildman–Crippen MR) is 61.4 cm³/mol. The lowest BCUT2D eigenvalue weighted by Crippen LogP contribution is -2.39. The van der Waals surface area contributed by atoms with Gasteiger partial charge in [-0.3, -0.25) is 5.32 Å². The Labute approximate surface area is 95.9 Å². The summed E-state index contributed by atoms with van der Waals surface area (Å²) < 4.78 is 5.60. The molecular weight excluding hydrogens is 214 g/mol. The minimum absolute atomic E-state index is 0. The molecule has 0 saturated carbocycles. The van der Waals surface area contributed by atoms with Gasteiger partial charge in [0.1, 0.15) is 11.5 Å². The fraction of sp³-hybridized carbons (Fsp3) is 0.455. The van der Waals surface area contributed by atoms with E-state index in [1.807, 2.05) is 19.1 Å². The summed E-state index contributed by atoms with van der Waals surface area (Å²) in [5.74, 6) is 0.305. The Morgan fingerprint density at radius 2 is 2.07 bits per heavy atom. The van der Waals surface area contributed by atoms with Gasteiger partial charge in [0.2, 0.25) is 0 Å². The highest BCUT2D eigenvalue weighted by Gasteiger charge is 2.28. The summed E-state index contributed by atoms with van der Waals surface area (Å²) >= 11 is 0. The van der Waals surface area contributed by atoms with Crippen LogP contribution in [0.3, 0.4) is 0 Å². The highest BCUT2D eigenvalue weighted by Crippen LogP contribution is 2.19. The first kappa shape index (κ1) is 12.3. The van der Waals surface area contributed by atoms with Gasteiger partial charge in [-0.05, 0) is 24.6 Å². The number of phenols is 1. The molecule has 4 heteroatoms. The number of phenolic OH excluding ortho intramolecular Hbond substituents is 1. The number of halogens is 1. The Morgan fingerprint density at radius 1 is 1.40 bits per heavy atom. The van der Waals surface area contributed by atoms with Crippen LogP contribution in [0.25, 0.3) is 0 Å². The number of nitrogens with one attached hydrogen (secondary N) is 1. The third-order valence-electron chi connectivity index (χ3n) is 2.50. The average Bonchev–Trinajstić information content (AvgIpc) is 2.57. The van der Waals surface area contributed by atoms with Crippen molar-refractivity contribution in [1.82, 2.24) is 5.32 Å². The monoisotopic (exact) mass is 229 g/mol. The van der Waals surface area contributed by atoms with E-state index >= 15 is 0 Å². The second-order valence-corrected chi connectivity index (χ2v) is 3.85. The molecule has 1 aromatic carbocycles. The summed E-state index contributed by atoms with van der Waals surface area (Å²) in [6, 6.07) is 7.25. The van der Waals surface area contributed by atoms with Crippen LogP contribution in [0, 0.1) is 0 Å². The molecule has 1 atom stereocenters. The van der Waals surface area contributed by atoms with Crippen molar-refractivity contribution in [3.63, 3.8) is 0 Å². The molecule has 0 amide bonds. The number of hydrogen-bond acceptors (Lipinski definition) is 3. The molecule has 0 spiro atoms. The molecule has 1 aliphatic heterocycles. The highest BCUT2D eigenvalue weighted by molar-refractivity contribution is 5.85. The van der Waals surface area contributed by atoms with Crippen LogP contribution in [0.4, 0.5) is 0 Å². The Morgan fingerprint density at radius 3 is 2.60 bits per heavy atom. The molecule has 1 unspecified atom stereocenters. The molecule has 1 heterocycles. The van der Waals surface area contributed by atoms with E-state index in [2.05, 4.69) is 5.32 Å². The minimum atomic E-state index is -0.239. The SMILES string of the molecule is CC1(Cc2ccc(O)cc2)NCCO1.Cl. The van der Waals surface area contributed by atoms with Crippen LogP contribution in [-0.2, 0) is 11.2 Å². The normalized spacial score (nSPS) is 24.9. The highest BCUT2D eigenvalue weighted by atomic mass is 35.5. The first-order valence-electron chi connectivity index (χ1n) is 4.85. The van der Waals surface area contributed by atoms with Gasteiger partial charge in [-0.15, -0.1) is 12.4 Å². The Hall–Kier alpha value is -0.770. The average molecular weight is 230 g/mol. The van der Waals surface area contributed by atoms with Gasteiger partial charge in [-0.25, -0.2) is 0 Å². The molecule has 1 aliphatic rings. The lowest BCUT2D eigenvalue weighted by Gasteiger charge is -2.23. The first-order valence-corrected chi connectivity index (χ1v) is 4.85. The molecule has 0 bridgehead atoms. The van der Waals surface area contributed by atoms with E-state index in [1.54, 1.807) is 12.1 Å². The Bertz CT molecular complexity index is 307. The fourth-order valence-corrected chi connectivity index (χ4v) is 1.76. The van der Waals surface area contributed by atoms with Crippen molar-refractivity contribution in [3.05, 3.63) is 29.8 Å². The van der Waals surface area contributed by atoms with Crippen molar-refractivity contribution >= 4 is 12.4 Å². The second-order valence-electron chi connectivity index (χ2n) is 3.85. The summed E-state index contributed by atoms with van der Waals surface area (Å²) in [4.78, 5) is 0. The zero-order chi connectivity index (χ0) is 10.0. The molecule has 1 saturated heterocycles. The van der Waals surface area contributed by atoms with Gasteiger partial charge in [0.05, 0.1) is 6.61 Å². The van der Waals surface area contributed by atoms with Crippen LogP contribution >= 0.6 is 12.4 Å². The van der Waals surface area contributed by atoms with E-state index < -0.39 is 0 Å². The summed E-state index contributed by atoms with van der Waals surface area (Å²) in [6.07, 6.45) is 0.827. The van der Waals surface area contributed by atoms with E-state index in [0.29, 0.717) is 5.75 Å². The van der Waals surface area contributed by atoms with Crippen LogP contribution < -0.4 is 5.32 Å². The van der Waals surface area contributed by atoms with Gasteiger partial charge in [0.25, 0.3) is 0 Å². The Kier molecular flexibility index (Phi) is 3.97. The topological polar surface area (TPSA) is 41.5 Å². The van der Waals surface area contributed by atoms with Gasteiger partial charge in [-0.2, -0.15) is 0 Å². The molecule has 1 fully saturated rings. The molecular formula is C11H16ClNO2. The molecule has 2 N–H and O–H groups in total. The van der Waals surface area contributed by atoms with Crippen LogP contribution in [0.5, 0.6) is 5.75 Å². The summed E-state index contributed by atoms with van der Waals surface area (Å²) in [7, 11) is 0. The first-order chi connectivity index (χ1) is 6.68. The van der Waals surface area contributed by atoms with Gasteiger partial charge in [0.15, 0.2) is 0 Å². The predicted octanol–water partition coefficient (Wildman–Crippen LogP) is 1.69. The maximum absolute atomic E-state index is 9.13. The maximum Gasteiger partial charge on any atom is 0.120 e. The molecule has 84 valence electrons. The van der Waals surface area contributed by atoms with Gasteiger partial charge >= 0.3 is 0 Å². The molecule has 0 aliphatic carbocycles. The Balaban J connectivity index is 0.00000112. The number of rotatable bonds is 2. The van der Waals surface area contributed by atoms with Crippen molar-refractivity contribution in [2.75, 3.05) is 13.2 Å². The van der Waals surface area contributed by atoms with Crippen LogP contribution in [0.15, 0.2) is 24.3 Å². The van der Waals surface area contributed by atoms with Crippen LogP contribution in [0.2, 0.25) is 0 Å². The summed E-state index contributed by atoms with van der Waals surface area (Å²) in [5.41, 5.74) is 0.927. The number of ether oxygens (including phenoxy) is 1. The number of hydrogen-bond donors (Lipinski definition) is 2. The minimum Gasteiger partial charge on any atom is -0.508 e. The zero-order valence-electron chi connectivity index (χ0n) is 8.69.